The molecular formula is C23H25N3O2S. The molecule has 0 aliphatic carbocycles. The third kappa shape index (κ3) is 5.22. The summed E-state index contributed by atoms with van der Waals surface area (Å²) in [5.41, 5.74) is 7.94. The van der Waals surface area contributed by atoms with E-state index in [-0.39, 0.29) is 0 Å². The number of para-hydroxylation sites is 1. The number of thiazole rings is 1. The van der Waals surface area contributed by atoms with Gasteiger partial charge in [0.05, 0.1) is 12.3 Å². The number of hydrogen-bond donors (Lipinski definition) is 1. The van der Waals surface area contributed by atoms with Crippen molar-refractivity contribution in [1.29, 1.82) is 0 Å². The maximum absolute atomic E-state index is 11.2. The van der Waals surface area contributed by atoms with Crippen LogP contribution in [0, 0.1) is 5.92 Å². The summed E-state index contributed by atoms with van der Waals surface area (Å²) in [7, 11) is 0. The monoisotopic (exact) mass is 407 g/mol. The first-order valence-electron chi connectivity index (χ1n) is 9.92. The Morgan fingerprint density at radius 2 is 1.83 bits per heavy atom. The van der Waals surface area contributed by atoms with Crippen molar-refractivity contribution in [2.45, 2.75) is 19.4 Å². The van der Waals surface area contributed by atoms with Gasteiger partial charge in [-0.2, -0.15) is 0 Å². The Morgan fingerprint density at radius 1 is 1.10 bits per heavy atom. The summed E-state index contributed by atoms with van der Waals surface area (Å²) in [5, 5.41) is 3.10. The van der Waals surface area contributed by atoms with Crippen LogP contribution in [0.3, 0.4) is 0 Å². The van der Waals surface area contributed by atoms with E-state index in [4.69, 9.17) is 15.5 Å². The Kier molecular flexibility index (Phi) is 6.22. The zero-order valence-electron chi connectivity index (χ0n) is 16.3. The minimum Gasteiger partial charge on any atom is -0.493 e. The first kappa shape index (κ1) is 19.6. The van der Waals surface area contributed by atoms with Crippen LogP contribution in [-0.4, -0.2) is 35.5 Å². The lowest BCUT2D eigenvalue weighted by atomic mass is 9.98. The van der Waals surface area contributed by atoms with Gasteiger partial charge < -0.3 is 10.5 Å². The molecule has 5 nitrogen and oxygen atoms in total. The van der Waals surface area contributed by atoms with Crippen molar-refractivity contribution >= 4 is 17.2 Å². The highest BCUT2D eigenvalue weighted by atomic mass is 32.1. The molecule has 0 saturated carbocycles. The fourth-order valence-corrected chi connectivity index (χ4v) is 4.38. The average Bonchev–Trinajstić information content (AvgIpc) is 3.22. The van der Waals surface area contributed by atoms with E-state index >= 15 is 0 Å². The van der Waals surface area contributed by atoms with E-state index in [1.54, 1.807) is 23.5 Å². The molecule has 1 aromatic heterocycles. The van der Waals surface area contributed by atoms with Crippen LogP contribution in [0.2, 0.25) is 0 Å². The van der Waals surface area contributed by atoms with Crippen molar-refractivity contribution in [2.75, 3.05) is 19.7 Å². The summed E-state index contributed by atoms with van der Waals surface area (Å²) in [4.78, 5) is 18.5. The predicted molar refractivity (Wildman–Crippen MR) is 116 cm³/mol. The second-order valence-electron chi connectivity index (χ2n) is 7.43. The molecule has 2 N–H and O–H groups in total. The molecule has 6 heteroatoms. The smallest absolute Gasteiger partial charge is 0.248 e. The number of likely N-dealkylation sites (tertiary alicyclic amines) is 1. The molecule has 0 spiro atoms. The van der Waals surface area contributed by atoms with Crippen molar-refractivity contribution in [3.63, 3.8) is 0 Å². The molecule has 1 aliphatic rings. The van der Waals surface area contributed by atoms with Crippen LogP contribution in [0.4, 0.5) is 0 Å². The molecule has 0 radical (unpaired) electrons. The SMILES string of the molecule is NC(=O)c1ccc(-c2nc(CN3CCC(COc4ccccc4)CC3)cs2)cc1. The van der Waals surface area contributed by atoms with Crippen molar-refractivity contribution < 1.29 is 9.53 Å². The quantitative estimate of drug-likeness (QED) is 0.637. The van der Waals surface area contributed by atoms with Crippen LogP contribution in [0.15, 0.2) is 60.0 Å². The molecule has 0 unspecified atom stereocenters. The third-order valence-corrected chi connectivity index (χ3v) is 6.23. The van der Waals surface area contributed by atoms with E-state index < -0.39 is 5.91 Å². The molecule has 1 aliphatic heterocycles. The highest BCUT2D eigenvalue weighted by Crippen LogP contribution is 2.26. The Bertz CT molecular complexity index is 932. The van der Waals surface area contributed by atoms with E-state index in [1.807, 2.05) is 42.5 Å². The van der Waals surface area contributed by atoms with Gasteiger partial charge in [0.2, 0.25) is 5.91 Å². The van der Waals surface area contributed by atoms with Gasteiger partial charge in [-0.15, -0.1) is 11.3 Å². The first-order valence-corrected chi connectivity index (χ1v) is 10.8. The Balaban J connectivity index is 1.26. The van der Waals surface area contributed by atoms with Crippen LogP contribution in [0.5, 0.6) is 5.75 Å². The summed E-state index contributed by atoms with van der Waals surface area (Å²) >= 11 is 1.64. The van der Waals surface area contributed by atoms with Crippen molar-refractivity contribution in [2.24, 2.45) is 11.7 Å². The molecule has 1 fully saturated rings. The highest BCUT2D eigenvalue weighted by Gasteiger charge is 2.20. The van der Waals surface area contributed by atoms with E-state index in [0.29, 0.717) is 11.5 Å². The summed E-state index contributed by atoms with van der Waals surface area (Å²) < 4.78 is 5.92. The van der Waals surface area contributed by atoms with Gasteiger partial charge >= 0.3 is 0 Å². The van der Waals surface area contributed by atoms with Gasteiger partial charge in [-0.25, -0.2) is 4.98 Å². The number of rotatable bonds is 7. The summed E-state index contributed by atoms with van der Waals surface area (Å²) in [5.74, 6) is 1.16. The lowest BCUT2D eigenvalue weighted by Gasteiger charge is -2.31. The van der Waals surface area contributed by atoms with Crippen LogP contribution < -0.4 is 10.5 Å². The fraction of sp³-hybridized carbons (Fsp3) is 0.304. The molecule has 4 rings (SSSR count). The zero-order chi connectivity index (χ0) is 20.1. The fourth-order valence-electron chi connectivity index (χ4n) is 3.56. The zero-order valence-corrected chi connectivity index (χ0v) is 17.1. The normalized spacial score (nSPS) is 15.3. The van der Waals surface area contributed by atoms with Crippen LogP contribution in [0.25, 0.3) is 10.6 Å². The number of benzene rings is 2. The van der Waals surface area contributed by atoms with Crippen LogP contribution >= 0.6 is 11.3 Å². The number of piperidine rings is 1. The molecule has 0 atom stereocenters. The number of carbonyl (C=O) groups excluding carboxylic acids is 1. The molecule has 150 valence electrons. The maximum Gasteiger partial charge on any atom is 0.248 e. The molecule has 3 aromatic rings. The minimum atomic E-state index is -0.408. The van der Waals surface area contributed by atoms with Crippen molar-refractivity contribution in [3.05, 3.63) is 71.2 Å². The Hall–Kier alpha value is -2.70. The van der Waals surface area contributed by atoms with E-state index in [0.717, 1.165) is 61.1 Å². The molecule has 2 heterocycles. The largest absolute Gasteiger partial charge is 0.493 e. The number of carbonyl (C=O) groups is 1. The topological polar surface area (TPSA) is 68.5 Å². The van der Waals surface area contributed by atoms with Crippen LogP contribution in [0.1, 0.15) is 28.9 Å². The van der Waals surface area contributed by atoms with Crippen LogP contribution in [-0.2, 0) is 6.54 Å². The molecule has 29 heavy (non-hydrogen) atoms. The van der Waals surface area contributed by atoms with E-state index in [1.165, 1.54) is 0 Å². The molecule has 1 amide bonds. The van der Waals surface area contributed by atoms with Gasteiger partial charge in [0.25, 0.3) is 0 Å². The van der Waals surface area contributed by atoms with Gasteiger partial charge in [-0.1, -0.05) is 30.3 Å². The van der Waals surface area contributed by atoms with Crippen molar-refractivity contribution in [3.8, 4) is 16.3 Å². The predicted octanol–water partition coefficient (Wildman–Crippen LogP) is 4.20. The van der Waals surface area contributed by atoms with Gasteiger partial charge in [0, 0.05) is 23.1 Å². The van der Waals surface area contributed by atoms with E-state index in [2.05, 4.69) is 10.3 Å². The number of nitrogens with two attached hydrogens (primary N) is 1. The summed E-state index contributed by atoms with van der Waals surface area (Å²) in [6, 6.07) is 17.3. The molecular weight excluding hydrogens is 382 g/mol. The average molecular weight is 408 g/mol. The number of aromatic nitrogens is 1. The van der Waals surface area contributed by atoms with Gasteiger partial charge in [0.15, 0.2) is 0 Å². The number of ether oxygens (including phenoxy) is 1. The first-order chi connectivity index (χ1) is 14.2. The van der Waals surface area contributed by atoms with E-state index in [9.17, 15) is 4.79 Å². The summed E-state index contributed by atoms with van der Waals surface area (Å²) in [6.45, 7) is 3.81. The lowest BCUT2D eigenvalue weighted by Crippen LogP contribution is -2.35. The maximum atomic E-state index is 11.2. The summed E-state index contributed by atoms with van der Waals surface area (Å²) in [6.07, 6.45) is 2.30. The number of hydrogen-bond acceptors (Lipinski definition) is 5. The molecule has 2 aromatic carbocycles. The standard InChI is InChI=1S/C23H25N3O2S/c24-22(27)18-6-8-19(9-7-18)23-25-20(16-29-23)14-26-12-10-17(11-13-26)15-28-21-4-2-1-3-5-21/h1-9,16-17H,10-15H2,(H2,24,27). The number of primary amides is 1. The van der Waals surface area contributed by atoms with Crippen molar-refractivity contribution in [1.82, 2.24) is 9.88 Å². The van der Waals surface area contributed by atoms with Gasteiger partial charge in [-0.3, -0.25) is 9.69 Å². The number of amides is 1. The second kappa shape index (κ2) is 9.20. The van der Waals surface area contributed by atoms with Gasteiger partial charge in [-0.05, 0) is 56.1 Å². The molecule has 0 bridgehead atoms. The second-order valence-corrected chi connectivity index (χ2v) is 8.29. The number of nitrogens with zero attached hydrogens (tertiary/aromatic N) is 2. The Morgan fingerprint density at radius 3 is 2.52 bits per heavy atom. The lowest BCUT2D eigenvalue weighted by molar-refractivity contribution is 0.100. The Labute approximate surface area is 175 Å². The third-order valence-electron chi connectivity index (χ3n) is 5.29. The highest BCUT2D eigenvalue weighted by molar-refractivity contribution is 7.13. The minimum absolute atomic E-state index is 0.408. The van der Waals surface area contributed by atoms with Gasteiger partial charge in [0.1, 0.15) is 10.8 Å². The molecule has 1 saturated heterocycles.